The SMILES string of the molecule is NOCCCCCl. The van der Waals surface area contributed by atoms with E-state index in [1.165, 1.54) is 0 Å². The van der Waals surface area contributed by atoms with Crippen LogP contribution < -0.4 is 5.90 Å². The van der Waals surface area contributed by atoms with Crippen LogP contribution in [0.5, 0.6) is 0 Å². The van der Waals surface area contributed by atoms with Gasteiger partial charge in [0.15, 0.2) is 0 Å². The number of halogens is 1. The van der Waals surface area contributed by atoms with Crippen molar-refractivity contribution in [3.05, 3.63) is 0 Å². The van der Waals surface area contributed by atoms with E-state index in [0.717, 1.165) is 12.8 Å². The lowest BCUT2D eigenvalue weighted by molar-refractivity contribution is 0.135. The Hall–Kier alpha value is 0.210. The number of nitrogens with two attached hydrogens (primary N) is 1. The Labute approximate surface area is 48.5 Å². The van der Waals surface area contributed by atoms with Crippen molar-refractivity contribution in [3.63, 3.8) is 0 Å². The van der Waals surface area contributed by atoms with Crippen LogP contribution in [-0.4, -0.2) is 12.5 Å². The molecule has 0 aromatic heterocycles. The summed E-state index contributed by atoms with van der Waals surface area (Å²) in [4.78, 5) is 4.29. The van der Waals surface area contributed by atoms with Gasteiger partial charge in [-0.3, -0.25) is 0 Å². The van der Waals surface area contributed by atoms with Crippen molar-refractivity contribution in [2.24, 2.45) is 5.90 Å². The molecule has 0 heterocycles. The minimum absolute atomic E-state index is 0.618. The zero-order chi connectivity index (χ0) is 5.54. The Kier molecular flexibility index (Phi) is 6.40. The van der Waals surface area contributed by atoms with Crippen LogP contribution in [-0.2, 0) is 4.84 Å². The third kappa shape index (κ3) is 6.21. The average molecular weight is 124 g/mol. The molecule has 2 N–H and O–H groups in total. The number of rotatable bonds is 4. The zero-order valence-electron chi connectivity index (χ0n) is 4.19. The molecule has 0 fully saturated rings. The van der Waals surface area contributed by atoms with Gasteiger partial charge >= 0.3 is 0 Å². The molecule has 0 saturated heterocycles. The lowest BCUT2D eigenvalue weighted by Crippen LogP contribution is -2.00. The van der Waals surface area contributed by atoms with Gasteiger partial charge in [-0.05, 0) is 12.8 Å². The van der Waals surface area contributed by atoms with E-state index in [9.17, 15) is 0 Å². The lowest BCUT2D eigenvalue weighted by Gasteiger charge is -1.91. The molecule has 0 saturated carbocycles. The first-order chi connectivity index (χ1) is 3.41. The maximum absolute atomic E-state index is 5.34. The molecule has 7 heavy (non-hydrogen) atoms. The highest BCUT2D eigenvalue weighted by Gasteiger charge is 1.81. The third-order valence-corrected chi connectivity index (χ3v) is 0.913. The van der Waals surface area contributed by atoms with Crippen molar-refractivity contribution < 1.29 is 4.84 Å². The van der Waals surface area contributed by atoms with Gasteiger partial charge in [0.25, 0.3) is 0 Å². The van der Waals surface area contributed by atoms with Crippen molar-refractivity contribution in [2.75, 3.05) is 12.5 Å². The summed E-state index contributed by atoms with van der Waals surface area (Å²) in [6, 6.07) is 0. The van der Waals surface area contributed by atoms with Gasteiger partial charge in [0.2, 0.25) is 0 Å². The van der Waals surface area contributed by atoms with Gasteiger partial charge in [-0.1, -0.05) is 0 Å². The van der Waals surface area contributed by atoms with Crippen molar-refractivity contribution in [1.82, 2.24) is 0 Å². The molecule has 0 radical (unpaired) electrons. The molecular formula is C4H10ClNO. The first-order valence-corrected chi connectivity index (χ1v) is 2.83. The van der Waals surface area contributed by atoms with Gasteiger partial charge in [0.05, 0.1) is 6.61 Å². The third-order valence-electron chi connectivity index (χ3n) is 0.646. The molecule has 0 aromatic rings. The van der Waals surface area contributed by atoms with Crippen LogP contribution in [0.2, 0.25) is 0 Å². The van der Waals surface area contributed by atoms with Gasteiger partial charge in [-0.25, -0.2) is 5.90 Å². The van der Waals surface area contributed by atoms with Crippen LogP contribution in [0.4, 0.5) is 0 Å². The summed E-state index contributed by atoms with van der Waals surface area (Å²) in [6.07, 6.45) is 1.94. The molecule has 0 bridgehead atoms. The van der Waals surface area contributed by atoms with Crippen molar-refractivity contribution in [3.8, 4) is 0 Å². The molecule has 0 spiro atoms. The topological polar surface area (TPSA) is 35.2 Å². The number of hydrogen-bond acceptors (Lipinski definition) is 2. The Morgan fingerprint density at radius 1 is 1.43 bits per heavy atom. The second kappa shape index (κ2) is 6.21. The van der Waals surface area contributed by atoms with Crippen LogP contribution in [0.25, 0.3) is 0 Å². The maximum Gasteiger partial charge on any atom is 0.0679 e. The summed E-state index contributed by atoms with van der Waals surface area (Å²) in [5.74, 6) is 5.42. The normalized spacial score (nSPS) is 9.43. The summed E-state index contributed by atoms with van der Waals surface area (Å²) >= 11 is 5.34. The second-order valence-corrected chi connectivity index (χ2v) is 1.64. The largest absolute Gasteiger partial charge is 0.305 e. The number of unbranched alkanes of at least 4 members (excludes halogenated alkanes) is 1. The molecular weight excluding hydrogens is 114 g/mol. The van der Waals surface area contributed by atoms with E-state index in [0.29, 0.717) is 12.5 Å². The van der Waals surface area contributed by atoms with E-state index >= 15 is 0 Å². The molecule has 44 valence electrons. The molecule has 0 amide bonds. The minimum Gasteiger partial charge on any atom is -0.305 e. The fourth-order valence-corrected chi connectivity index (χ4v) is 0.469. The summed E-state index contributed by atoms with van der Waals surface area (Å²) in [5, 5.41) is 0. The fourth-order valence-electron chi connectivity index (χ4n) is 0.280. The van der Waals surface area contributed by atoms with Crippen LogP contribution in [0.15, 0.2) is 0 Å². The van der Waals surface area contributed by atoms with Crippen LogP contribution in [0.1, 0.15) is 12.8 Å². The predicted molar refractivity (Wildman–Crippen MR) is 30.1 cm³/mol. The van der Waals surface area contributed by atoms with Gasteiger partial charge < -0.3 is 4.84 Å². The highest BCUT2D eigenvalue weighted by Crippen LogP contribution is 1.89. The summed E-state index contributed by atoms with van der Waals surface area (Å²) in [6.45, 7) is 0.618. The zero-order valence-corrected chi connectivity index (χ0v) is 4.95. The van der Waals surface area contributed by atoms with Gasteiger partial charge in [0.1, 0.15) is 0 Å². The first-order valence-electron chi connectivity index (χ1n) is 2.29. The summed E-state index contributed by atoms with van der Waals surface area (Å²) in [5.41, 5.74) is 0. The van der Waals surface area contributed by atoms with Crippen LogP contribution >= 0.6 is 11.6 Å². The maximum atomic E-state index is 5.34. The predicted octanol–water partition coefficient (Wildman–Crippen LogP) is 0.896. The highest BCUT2D eigenvalue weighted by atomic mass is 35.5. The van der Waals surface area contributed by atoms with Gasteiger partial charge in [-0.2, -0.15) is 0 Å². The smallest absolute Gasteiger partial charge is 0.0679 e. The van der Waals surface area contributed by atoms with E-state index in [1.54, 1.807) is 0 Å². The van der Waals surface area contributed by atoms with E-state index in [4.69, 9.17) is 17.5 Å². The van der Waals surface area contributed by atoms with E-state index < -0.39 is 0 Å². The standard InChI is InChI=1S/C4H10ClNO/c5-3-1-2-4-7-6/h1-4,6H2. The molecule has 3 heteroatoms. The molecule has 0 atom stereocenters. The average Bonchev–Trinajstić information content (AvgIpc) is 1.69. The second-order valence-electron chi connectivity index (χ2n) is 1.27. The first kappa shape index (κ1) is 7.21. The Balaban J connectivity index is 2.45. The molecule has 0 aliphatic carbocycles. The fraction of sp³-hybridized carbons (Fsp3) is 1.00. The minimum atomic E-state index is 0.618. The molecule has 0 unspecified atom stereocenters. The number of alkyl halides is 1. The van der Waals surface area contributed by atoms with Gasteiger partial charge in [-0.15, -0.1) is 11.6 Å². The van der Waals surface area contributed by atoms with Crippen molar-refractivity contribution in [1.29, 1.82) is 0 Å². The molecule has 0 aromatic carbocycles. The molecule has 2 nitrogen and oxygen atoms in total. The Morgan fingerprint density at radius 3 is 2.57 bits per heavy atom. The molecule has 0 aliphatic rings. The van der Waals surface area contributed by atoms with E-state index in [1.807, 2.05) is 0 Å². The van der Waals surface area contributed by atoms with E-state index in [2.05, 4.69) is 4.84 Å². The van der Waals surface area contributed by atoms with Crippen LogP contribution in [0.3, 0.4) is 0 Å². The monoisotopic (exact) mass is 123 g/mol. The molecule has 0 aliphatic heterocycles. The quantitative estimate of drug-likeness (QED) is 0.343. The summed E-state index contributed by atoms with van der Waals surface area (Å²) < 4.78 is 0. The molecule has 0 rings (SSSR count). The van der Waals surface area contributed by atoms with E-state index in [-0.39, 0.29) is 0 Å². The Morgan fingerprint density at radius 2 is 2.14 bits per heavy atom. The highest BCUT2D eigenvalue weighted by molar-refractivity contribution is 6.17. The summed E-state index contributed by atoms with van der Waals surface area (Å²) in [7, 11) is 0. The van der Waals surface area contributed by atoms with Crippen LogP contribution in [0, 0.1) is 0 Å². The van der Waals surface area contributed by atoms with Crippen molar-refractivity contribution >= 4 is 11.6 Å². The Bertz CT molecular complexity index is 30.9. The van der Waals surface area contributed by atoms with Gasteiger partial charge in [0, 0.05) is 5.88 Å². The van der Waals surface area contributed by atoms with Crippen molar-refractivity contribution in [2.45, 2.75) is 12.8 Å². The number of hydrogen-bond donors (Lipinski definition) is 1. The lowest BCUT2D eigenvalue weighted by atomic mass is 10.4.